The largest absolute Gasteiger partial charge is 0.507 e. The molecule has 0 aromatic heterocycles. The monoisotopic (exact) mass is 897 g/mol. The van der Waals surface area contributed by atoms with Crippen LogP contribution in [-0.2, 0) is 23.8 Å². The Kier molecular flexibility index (Phi) is 15.0. The number of fused-ring (bicyclic) bond motifs is 14. The van der Waals surface area contributed by atoms with Crippen molar-refractivity contribution >= 4 is 45.9 Å². The molecule has 15 nitrogen and oxygen atoms in total. The summed E-state index contributed by atoms with van der Waals surface area (Å²) in [5, 5.41) is 61.7. The number of ether oxygens (including phenoxy) is 4. The van der Waals surface area contributed by atoms with E-state index in [1.165, 1.54) is 46.3 Å². The van der Waals surface area contributed by atoms with E-state index in [-0.39, 0.29) is 44.6 Å². The number of aliphatic hydroxyl groups excluding tert-OH is 2. The van der Waals surface area contributed by atoms with Crippen molar-refractivity contribution in [1.29, 1.82) is 0 Å². The Balaban J connectivity index is 1.46. The third-order valence-electron chi connectivity index (χ3n) is 13.1. The zero-order valence-electron chi connectivity index (χ0n) is 38.6. The van der Waals surface area contributed by atoms with Crippen LogP contribution < -0.4 is 15.0 Å². The standard InChI is InChI=1S/C50H63N3O12/c1-27-15-13-16-28(2)49(61)51-39-40(53-24-22-52(23-25-53)21-14-19-34-17-11-10-12-18-34)45(59)36-37(44(39)58)43(57)32(6)47-38(36)48(60)50(8,65-47)63-26-20-35(62-9)29(3)46(64-33(7)54)31(5)42(56)30(4)41(27)55/h10-20,26-27,29-31,35,41-42,46,55-59H,21-25H2,1-9H3,(H,51,61)/b15-13-,19-14+,26-20?,28-16-/t27-,29+,30+,31+,35-,41-,42+,46+,50-/m0/s1. The SMILES string of the molecule is CO[C@H]1C=CO[C@@]2(C)Oc3c(C)c(O)c4c(O)c(c(N5CCN(C/C=C/c6ccccc6)CC5)c(O)c4c3C2=O)NC(=O)/C(C)=C\C=C/[C@H](C)[C@H](O)[C@@H](C)[C@@H](O)[C@@H](C)[C@H](OC(C)=O)[C@@H]1C. The molecular formula is C50H63N3O12. The minimum Gasteiger partial charge on any atom is -0.507 e. The molecule has 0 spiro atoms. The lowest BCUT2D eigenvalue weighted by atomic mass is 9.78. The van der Waals surface area contributed by atoms with Crippen LogP contribution in [0.15, 0.2) is 72.5 Å². The molecule has 4 aliphatic rings. The van der Waals surface area contributed by atoms with E-state index in [1.807, 2.05) is 41.3 Å². The number of phenolic OH excluding ortho intramolecular Hbond substituents is 3. The first-order valence-corrected chi connectivity index (χ1v) is 22.1. The Morgan fingerprint density at radius 3 is 2.23 bits per heavy atom. The van der Waals surface area contributed by atoms with Gasteiger partial charge in [-0.15, -0.1) is 0 Å². The number of hydrogen-bond donors (Lipinski definition) is 6. The Hall–Kier alpha value is -5.87. The summed E-state index contributed by atoms with van der Waals surface area (Å²) in [6.45, 7) is 15.1. The number of carbonyl (C=O) groups is 3. The molecule has 350 valence electrons. The highest BCUT2D eigenvalue weighted by Crippen LogP contribution is 2.57. The van der Waals surface area contributed by atoms with Crippen molar-refractivity contribution in [2.75, 3.05) is 50.1 Å². The number of nitrogens with zero attached hydrogens (tertiary/aromatic N) is 2. The second-order valence-corrected chi connectivity index (χ2v) is 17.7. The molecule has 0 saturated carbocycles. The second-order valence-electron chi connectivity index (χ2n) is 17.7. The number of aromatic hydroxyl groups is 3. The maximum absolute atomic E-state index is 14.6. The lowest BCUT2D eigenvalue weighted by molar-refractivity contribution is -0.160. The number of phenols is 3. The van der Waals surface area contributed by atoms with Gasteiger partial charge in [-0.1, -0.05) is 88.4 Å². The summed E-state index contributed by atoms with van der Waals surface area (Å²) in [4.78, 5) is 45.1. The van der Waals surface area contributed by atoms with Crippen LogP contribution in [0, 0.1) is 30.6 Å². The number of aliphatic hydroxyl groups is 2. The lowest BCUT2D eigenvalue weighted by Crippen LogP contribution is -2.46. The molecule has 3 aromatic carbocycles. The molecule has 7 rings (SSSR count). The molecule has 0 aliphatic carbocycles. The zero-order chi connectivity index (χ0) is 47.5. The van der Waals surface area contributed by atoms with Gasteiger partial charge in [-0.3, -0.25) is 19.3 Å². The Labute approximate surface area is 380 Å². The molecule has 0 radical (unpaired) electrons. The summed E-state index contributed by atoms with van der Waals surface area (Å²) in [5.74, 6) is -8.06. The number of ketones is 1. The second kappa shape index (κ2) is 20.1. The smallest absolute Gasteiger partial charge is 0.312 e. The van der Waals surface area contributed by atoms with Crippen LogP contribution in [0.5, 0.6) is 23.0 Å². The summed E-state index contributed by atoms with van der Waals surface area (Å²) in [5.41, 5.74) is 1.09. The summed E-state index contributed by atoms with van der Waals surface area (Å²) in [6, 6.07) is 9.94. The number of hydrogen-bond acceptors (Lipinski definition) is 14. The van der Waals surface area contributed by atoms with Crippen LogP contribution >= 0.6 is 0 Å². The van der Waals surface area contributed by atoms with E-state index in [0.717, 1.165) is 5.56 Å². The first-order valence-electron chi connectivity index (χ1n) is 22.1. The number of Topliss-reactive ketones (excluding diaryl/α,β-unsaturated/α-hetero) is 1. The molecule has 4 aliphatic heterocycles. The highest BCUT2D eigenvalue weighted by Gasteiger charge is 2.50. The van der Waals surface area contributed by atoms with Gasteiger partial charge in [-0.25, -0.2) is 0 Å². The Bertz CT molecular complexity index is 2390. The fourth-order valence-electron chi connectivity index (χ4n) is 9.07. The van der Waals surface area contributed by atoms with Crippen molar-refractivity contribution < 1.29 is 58.9 Å². The van der Waals surface area contributed by atoms with E-state index >= 15 is 0 Å². The van der Waals surface area contributed by atoms with Crippen molar-refractivity contribution in [2.24, 2.45) is 23.7 Å². The number of allylic oxidation sites excluding steroid dienone is 2. The quantitative estimate of drug-likeness (QED) is 0.0878. The molecular weight excluding hydrogens is 835 g/mol. The molecule has 6 N–H and O–H groups in total. The van der Waals surface area contributed by atoms with Crippen LogP contribution in [0.2, 0.25) is 0 Å². The zero-order valence-corrected chi connectivity index (χ0v) is 38.6. The molecule has 0 unspecified atom stereocenters. The maximum Gasteiger partial charge on any atom is 0.312 e. The number of anilines is 2. The van der Waals surface area contributed by atoms with E-state index in [4.69, 9.17) is 18.9 Å². The third kappa shape index (κ3) is 9.88. The number of nitrogens with one attached hydrogen (secondary N) is 1. The topological polar surface area (TPSA) is 208 Å². The van der Waals surface area contributed by atoms with Gasteiger partial charge in [0.05, 0.1) is 35.5 Å². The highest BCUT2D eigenvalue weighted by molar-refractivity contribution is 6.23. The van der Waals surface area contributed by atoms with E-state index in [9.17, 15) is 39.9 Å². The average Bonchev–Trinajstić information content (AvgIpc) is 3.55. The average molecular weight is 898 g/mol. The number of piperazine rings is 1. The van der Waals surface area contributed by atoms with Crippen LogP contribution in [0.1, 0.15) is 70.0 Å². The Morgan fingerprint density at radius 1 is 0.908 bits per heavy atom. The van der Waals surface area contributed by atoms with Crippen molar-refractivity contribution in [3.05, 3.63) is 89.2 Å². The number of benzene rings is 3. The van der Waals surface area contributed by atoms with Gasteiger partial charge in [-0.05, 0) is 25.5 Å². The summed E-state index contributed by atoms with van der Waals surface area (Å²) in [7, 11) is 1.45. The lowest BCUT2D eigenvalue weighted by Gasteiger charge is -2.38. The molecule has 1 saturated heterocycles. The van der Waals surface area contributed by atoms with Gasteiger partial charge in [0.1, 0.15) is 34.7 Å². The molecule has 1 fully saturated rings. The molecule has 1 amide bonds. The number of methoxy groups -OCH3 is 1. The summed E-state index contributed by atoms with van der Waals surface area (Å²) < 4.78 is 23.8. The number of carbonyl (C=O) groups excluding carboxylic acids is 3. The molecule has 65 heavy (non-hydrogen) atoms. The van der Waals surface area contributed by atoms with Gasteiger partial charge in [0.25, 0.3) is 11.7 Å². The van der Waals surface area contributed by atoms with Gasteiger partial charge in [0.15, 0.2) is 5.75 Å². The molecule has 15 heteroatoms. The number of amides is 1. The van der Waals surface area contributed by atoms with Gasteiger partial charge in [0.2, 0.25) is 0 Å². The van der Waals surface area contributed by atoms with Crippen LogP contribution in [0.3, 0.4) is 0 Å². The van der Waals surface area contributed by atoms with E-state index in [2.05, 4.69) is 16.3 Å². The molecule has 9 atom stereocenters. The van der Waals surface area contributed by atoms with Gasteiger partial charge in [0, 0.05) is 93.9 Å². The van der Waals surface area contributed by atoms with Crippen LogP contribution in [0.25, 0.3) is 16.8 Å². The van der Waals surface area contributed by atoms with Crippen LogP contribution in [0.4, 0.5) is 11.4 Å². The molecule has 4 heterocycles. The van der Waals surface area contributed by atoms with Gasteiger partial charge >= 0.3 is 11.8 Å². The van der Waals surface area contributed by atoms with Crippen molar-refractivity contribution in [2.45, 2.75) is 85.6 Å². The Morgan fingerprint density at radius 2 is 1.58 bits per heavy atom. The van der Waals surface area contributed by atoms with Gasteiger partial charge in [-0.2, -0.15) is 0 Å². The van der Waals surface area contributed by atoms with E-state index < -0.39 is 88.8 Å². The highest BCUT2D eigenvalue weighted by atomic mass is 16.7. The van der Waals surface area contributed by atoms with Crippen molar-refractivity contribution in [3.8, 4) is 23.0 Å². The normalized spacial score (nSPS) is 29.6. The fraction of sp³-hybridized carbons (Fsp3) is 0.460. The summed E-state index contributed by atoms with van der Waals surface area (Å²) >= 11 is 0. The van der Waals surface area contributed by atoms with Crippen molar-refractivity contribution in [3.63, 3.8) is 0 Å². The first-order chi connectivity index (χ1) is 30.8. The predicted octanol–water partition coefficient (Wildman–Crippen LogP) is 6.59. The maximum atomic E-state index is 14.6. The fourth-order valence-corrected chi connectivity index (χ4v) is 9.07. The molecule has 3 aromatic rings. The van der Waals surface area contributed by atoms with Gasteiger partial charge < -0.3 is 54.7 Å². The minimum absolute atomic E-state index is 0.0473. The predicted molar refractivity (Wildman–Crippen MR) is 248 cm³/mol. The summed E-state index contributed by atoms with van der Waals surface area (Å²) in [6.07, 6.45) is 7.80. The molecule has 5 bridgehead atoms. The van der Waals surface area contributed by atoms with E-state index in [0.29, 0.717) is 32.7 Å². The van der Waals surface area contributed by atoms with Crippen molar-refractivity contribution in [1.82, 2.24) is 4.90 Å². The number of rotatable bonds is 6. The van der Waals surface area contributed by atoms with Crippen LogP contribution in [-0.4, -0.2) is 118 Å². The number of esters is 1. The van der Waals surface area contributed by atoms with E-state index in [1.54, 1.807) is 46.8 Å². The minimum atomic E-state index is -2.04. The third-order valence-corrected chi connectivity index (χ3v) is 13.1. The first kappa shape index (κ1) is 48.6.